The van der Waals surface area contributed by atoms with Crippen LogP contribution in [-0.2, 0) is 9.63 Å². The van der Waals surface area contributed by atoms with Crippen molar-refractivity contribution >= 4 is 46.8 Å². The van der Waals surface area contributed by atoms with Crippen LogP contribution in [0.5, 0.6) is 0 Å². The molecule has 0 amide bonds. The van der Waals surface area contributed by atoms with Gasteiger partial charge in [0, 0.05) is 22.1 Å². The van der Waals surface area contributed by atoms with Gasteiger partial charge in [-0.2, -0.15) is 0 Å². The third kappa shape index (κ3) is 6.38. The van der Waals surface area contributed by atoms with Crippen molar-refractivity contribution in [2.24, 2.45) is 5.16 Å². The molecule has 0 aliphatic heterocycles. The quantitative estimate of drug-likeness (QED) is 0.236. The lowest BCUT2D eigenvalue weighted by atomic mass is 10.1. The first-order valence-corrected chi connectivity index (χ1v) is 10.8. The van der Waals surface area contributed by atoms with Gasteiger partial charge in [0.1, 0.15) is 4.75 Å². The number of rotatable bonds is 8. The first kappa shape index (κ1) is 20.9. The van der Waals surface area contributed by atoms with Gasteiger partial charge >= 0.3 is 5.97 Å². The van der Waals surface area contributed by atoms with Crippen molar-refractivity contribution in [2.45, 2.75) is 29.9 Å². The van der Waals surface area contributed by atoms with Crippen LogP contribution in [0.4, 0.5) is 0 Å². The first-order chi connectivity index (χ1) is 12.4. The maximum Gasteiger partial charge on any atom is 0.350 e. The molecule has 6 heteroatoms. The minimum absolute atomic E-state index is 0.344. The Morgan fingerprint density at radius 1 is 1.12 bits per heavy atom. The van der Waals surface area contributed by atoms with Gasteiger partial charge in [-0.05, 0) is 49.9 Å². The van der Waals surface area contributed by atoms with Gasteiger partial charge in [-0.25, -0.2) is 4.79 Å². The van der Waals surface area contributed by atoms with E-state index < -0.39 is 4.75 Å². The average molecular weight is 408 g/mol. The highest BCUT2D eigenvalue weighted by molar-refractivity contribution is 8.00. The molecule has 0 bridgehead atoms. The molecule has 26 heavy (non-hydrogen) atoms. The number of nitrogens with zero attached hydrogens (tertiary/aromatic N) is 1. The summed E-state index contributed by atoms with van der Waals surface area (Å²) in [5, 5.41) is 4.90. The Labute approximate surface area is 168 Å². The molecule has 2 aromatic rings. The number of benzene rings is 2. The Morgan fingerprint density at radius 3 is 2.38 bits per heavy atom. The summed E-state index contributed by atoms with van der Waals surface area (Å²) in [6.07, 6.45) is 2.57. The monoisotopic (exact) mass is 407 g/mol. The molecule has 0 fully saturated rings. The molecule has 0 atom stereocenters. The van der Waals surface area contributed by atoms with Crippen molar-refractivity contribution in [3.8, 4) is 0 Å². The molecule has 0 aliphatic rings. The molecular formula is C20H22ClNO2S2. The van der Waals surface area contributed by atoms with Crippen LogP contribution >= 0.6 is 35.1 Å². The number of thioether (sulfide) groups is 2. The van der Waals surface area contributed by atoms with Crippen LogP contribution < -0.4 is 0 Å². The highest BCUT2D eigenvalue weighted by Gasteiger charge is 2.28. The van der Waals surface area contributed by atoms with Crippen LogP contribution in [0.1, 0.15) is 25.8 Å². The maximum absolute atomic E-state index is 12.2. The molecule has 2 rings (SSSR count). The number of hydrogen-bond donors (Lipinski definition) is 0. The summed E-state index contributed by atoms with van der Waals surface area (Å²) in [5.74, 6) is 0.475. The van der Waals surface area contributed by atoms with E-state index in [9.17, 15) is 4.79 Å². The molecule has 0 aliphatic carbocycles. The van der Waals surface area contributed by atoms with Crippen molar-refractivity contribution in [1.29, 1.82) is 0 Å². The molecule has 0 heterocycles. The summed E-state index contributed by atoms with van der Waals surface area (Å²) in [6, 6.07) is 17.5. The van der Waals surface area contributed by atoms with Crippen LogP contribution in [0.2, 0.25) is 5.02 Å². The number of carbonyl (C=O) groups excluding carboxylic acids is 1. The van der Waals surface area contributed by atoms with Gasteiger partial charge in [0.25, 0.3) is 0 Å². The fraction of sp³-hybridized carbons (Fsp3) is 0.300. The largest absolute Gasteiger partial charge is 0.350 e. The van der Waals surface area contributed by atoms with E-state index in [2.05, 4.69) is 5.16 Å². The van der Waals surface area contributed by atoms with Crippen molar-refractivity contribution in [1.82, 2.24) is 0 Å². The second kappa shape index (κ2) is 10.0. The third-order valence-electron chi connectivity index (χ3n) is 3.77. The second-order valence-corrected chi connectivity index (χ2v) is 9.08. The minimum atomic E-state index is -0.622. The van der Waals surface area contributed by atoms with Crippen LogP contribution in [0, 0.1) is 0 Å². The Bertz CT molecular complexity index is 746. The van der Waals surface area contributed by atoms with Gasteiger partial charge in [0.15, 0.2) is 0 Å². The van der Waals surface area contributed by atoms with E-state index in [-0.39, 0.29) is 5.97 Å². The summed E-state index contributed by atoms with van der Waals surface area (Å²) >= 11 is 9.07. The zero-order chi connectivity index (χ0) is 19.0. The number of oxime groups is 1. The molecular weight excluding hydrogens is 386 g/mol. The Morgan fingerprint density at radius 2 is 1.77 bits per heavy atom. The standard InChI is InChI=1S/C20H22ClNO2S2/c1-20(2,25-3)19(23)24-22-18(15-7-5-4-6-8-15)13-14-26-17-11-9-16(21)10-12-17/h4-12H,13-14H2,1-3H3. The van der Waals surface area contributed by atoms with E-state index in [0.717, 1.165) is 26.9 Å². The fourth-order valence-corrected chi connectivity index (χ4v) is 3.15. The van der Waals surface area contributed by atoms with Crippen molar-refractivity contribution in [3.05, 3.63) is 65.2 Å². The van der Waals surface area contributed by atoms with E-state index in [1.807, 2.05) is 74.7 Å². The van der Waals surface area contributed by atoms with E-state index in [0.29, 0.717) is 6.42 Å². The lowest BCUT2D eigenvalue weighted by Crippen LogP contribution is -2.28. The highest BCUT2D eigenvalue weighted by atomic mass is 35.5. The van der Waals surface area contributed by atoms with E-state index in [1.165, 1.54) is 11.8 Å². The van der Waals surface area contributed by atoms with Crippen LogP contribution in [0.3, 0.4) is 0 Å². The summed E-state index contributed by atoms with van der Waals surface area (Å²) in [6.45, 7) is 3.65. The zero-order valence-corrected chi connectivity index (χ0v) is 17.5. The van der Waals surface area contributed by atoms with E-state index >= 15 is 0 Å². The van der Waals surface area contributed by atoms with Crippen LogP contribution in [0.25, 0.3) is 0 Å². The third-order valence-corrected chi connectivity index (χ3v) is 6.22. The molecule has 0 spiro atoms. The Balaban J connectivity index is 2.05. The summed E-state index contributed by atoms with van der Waals surface area (Å²) < 4.78 is -0.622. The lowest BCUT2D eigenvalue weighted by molar-refractivity contribution is -0.145. The average Bonchev–Trinajstić information content (AvgIpc) is 2.66. The molecule has 0 N–H and O–H groups in total. The fourth-order valence-electron chi connectivity index (χ4n) is 1.96. The van der Waals surface area contributed by atoms with Gasteiger partial charge in [0.05, 0.1) is 5.71 Å². The molecule has 0 aromatic heterocycles. The summed E-state index contributed by atoms with van der Waals surface area (Å²) in [4.78, 5) is 18.6. The predicted molar refractivity (Wildman–Crippen MR) is 113 cm³/mol. The molecule has 138 valence electrons. The molecule has 2 aromatic carbocycles. The molecule has 0 radical (unpaired) electrons. The normalized spacial score (nSPS) is 12.1. The minimum Gasteiger partial charge on any atom is -0.316 e. The van der Waals surface area contributed by atoms with E-state index in [1.54, 1.807) is 11.8 Å². The van der Waals surface area contributed by atoms with Gasteiger partial charge < -0.3 is 4.84 Å². The van der Waals surface area contributed by atoms with Crippen LogP contribution in [0.15, 0.2) is 64.6 Å². The topological polar surface area (TPSA) is 38.7 Å². The predicted octanol–water partition coefficient (Wildman–Crippen LogP) is 5.91. The second-order valence-electron chi connectivity index (χ2n) is 6.05. The summed E-state index contributed by atoms with van der Waals surface area (Å²) in [5.41, 5.74) is 1.72. The molecule has 0 unspecified atom stereocenters. The van der Waals surface area contributed by atoms with Crippen molar-refractivity contribution in [2.75, 3.05) is 12.0 Å². The Hall–Kier alpha value is -1.43. The van der Waals surface area contributed by atoms with Gasteiger partial charge in [0.2, 0.25) is 0 Å². The molecule has 0 saturated carbocycles. The van der Waals surface area contributed by atoms with Crippen molar-refractivity contribution in [3.63, 3.8) is 0 Å². The number of halogens is 1. The maximum atomic E-state index is 12.2. The van der Waals surface area contributed by atoms with Crippen molar-refractivity contribution < 1.29 is 9.63 Å². The van der Waals surface area contributed by atoms with Gasteiger partial charge in [-0.3, -0.25) is 0 Å². The first-order valence-electron chi connectivity index (χ1n) is 8.19. The molecule has 0 saturated heterocycles. The lowest BCUT2D eigenvalue weighted by Gasteiger charge is -2.17. The molecule has 3 nitrogen and oxygen atoms in total. The highest BCUT2D eigenvalue weighted by Crippen LogP contribution is 2.24. The summed E-state index contributed by atoms with van der Waals surface area (Å²) in [7, 11) is 0. The van der Waals surface area contributed by atoms with Gasteiger partial charge in [-0.15, -0.1) is 23.5 Å². The smallest absolute Gasteiger partial charge is 0.316 e. The van der Waals surface area contributed by atoms with Gasteiger partial charge in [-0.1, -0.05) is 47.1 Å². The number of carbonyl (C=O) groups is 1. The van der Waals surface area contributed by atoms with E-state index in [4.69, 9.17) is 16.4 Å². The SMILES string of the molecule is CSC(C)(C)C(=O)ON=C(CCSc1ccc(Cl)cc1)c1ccccc1. The Kier molecular flexibility index (Phi) is 8.07. The zero-order valence-electron chi connectivity index (χ0n) is 15.1. The number of hydrogen-bond acceptors (Lipinski definition) is 5. The van der Waals surface area contributed by atoms with Crippen LogP contribution in [-0.4, -0.2) is 28.4 Å².